The summed E-state index contributed by atoms with van der Waals surface area (Å²) < 4.78 is 3.16. The lowest BCUT2D eigenvalue weighted by atomic mass is 9.96. The molecule has 1 aliphatic carbocycles. The quantitative estimate of drug-likeness (QED) is 0.705. The zero-order valence-electron chi connectivity index (χ0n) is 14.9. The van der Waals surface area contributed by atoms with Crippen LogP contribution in [0, 0.1) is 0 Å². The van der Waals surface area contributed by atoms with E-state index in [0.717, 1.165) is 10.6 Å². The van der Waals surface area contributed by atoms with E-state index in [1.165, 1.54) is 49.3 Å². The average molecular weight is 369 g/mol. The lowest BCUT2D eigenvalue weighted by Gasteiger charge is -2.22. The Hall–Kier alpha value is -2.41. The van der Waals surface area contributed by atoms with Gasteiger partial charge in [0.05, 0.1) is 16.5 Å². The fourth-order valence-electron chi connectivity index (χ4n) is 3.45. The monoisotopic (exact) mass is 369 g/mol. The first-order valence-corrected chi connectivity index (χ1v) is 9.93. The molecule has 0 spiro atoms. The van der Waals surface area contributed by atoms with Crippen molar-refractivity contribution in [2.75, 3.05) is 10.6 Å². The first kappa shape index (κ1) is 17.0. The van der Waals surface area contributed by atoms with Crippen molar-refractivity contribution in [3.63, 3.8) is 0 Å². The van der Waals surface area contributed by atoms with Gasteiger partial charge >= 0.3 is 0 Å². The summed E-state index contributed by atoms with van der Waals surface area (Å²) >= 11 is 1.73. The van der Waals surface area contributed by atoms with Gasteiger partial charge in [-0.1, -0.05) is 36.7 Å². The van der Waals surface area contributed by atoms with Gasteiger partial charge in [0.2, 0.25) is 5.91 Å². The highest BCUT2D eigenvalue weighted by molar-refractivity contribution is 7.22. The van der Waals surface area contributed by atoms with E-state index < -0.39 is 0 Å². The molecule has 0 bridgehead atoms. The highest BCUT2D eigenvalue weighted by Crippen LogP contribution is 2.29. The van der Waals surface area contributed by atoms with Gasteiger partial charge in [-0.3, -0.25) is 4.79 Å². The van der Waals surface area contributed by atoms with Crippen LogP contribution in [0.2, 0.25) is 0 Å². The molecule has 2 N–H and O–H groups in total. The van der Waals surface area contributed by atoms with Crippen LogP contribution in [0.15, 0.2) is 30.7 Å². The first-order chi connectivity index (χ1) is 12.7. The Morgan fingerprint density at radius 2 is 2.15 bits per heavy atom. The second-order valence-electron chi connectivity index (χ2n) is 6.91. The van der Waals surface area contributed by atoms with Crippen molar-refractivity contribution in [3.05, 3.63) is 36.3 Å². The Kier molecular flexibility index (Phi) is 4.88. The van der Waals surface area contributed by atoms with Crippen LogP contribution >= 0.6 is 11.3 Å². The average Bonchev–Trinajstić information content (AvgIpc) is 3.21. The van der Waals surface area contributed by atoms with Gasteiger partial charge in [0, 0.05) is 25.7 Å². The molecule has 1 saturated carbocycles. The van der Waals surface area contributed by atoms with Crippen LogP contribution < -0.4 is 10.6 Å². The number of nitrogens with one attached hydrogen (secondary N) is 2. The molecule has 0 unspecified atom stereocenters. The van der Waals surface area contributed by atoms with E-state index in [0.29, 0.717) is 18.4 Å². The zero-order valence-corrected chi connectivity index (χ0v) is 15.7. The second kappa shape index (κ2) is 7.45. The molecule has 0 saturated heterocycles. The Balaban J connectivity index is 1.46. The van der Waals surface area contributed by atoms with Crippen molar-refractivity contribution in [3.8, 4) is 0 Å². The molecule has 7 heteroatoms. The van der Waals surface area contributed by atoms with E-state index in [9.17, 15) is 4.79 Å². The number of anilines is 2. The molecule has 26 heavy (non-hydrogen) atoms. The summed E-state index contributed by atoms with van der Waals surface area (Å²) in [6.45, 7) is 2.20. The summed E-state index contributed by atoms with van der Waals surface area (Å²) in [5.74, 6) is 0.467. The van der Waals surface area contributed by atoms with E-state index in [-0.39, 0.29) is 5.91 Å². The van der Waals surface area contributed by atoms with Gasteiger partial charge in [-0.25, -0.2) is 9.97 Å². The lowest BCUT2D eigenvalue weighted by molar-refractivity contribution is -0.114. The van der Waals surface area contributed by atoms with Crippen LogP contribution in [0.5, 0.6) is 0 Å². The summed E-state index contributed by atoms with van der Waals surface area (Å²) in [5, 5.41) is 7.34. The summed E-state index contributed by atoms with van der Waals surface area (Å²) in [5.41, 5.74) is 2.23. The number of hydrogen-bond acceptors (Lipinski definition) is 5. The number of benzene rings is 1. The Bertz CT molecular complexity index is 910. The highest BCUT2D eigenvalue weighted by Gasteiger charge is 2.15. The molecule has 0 radical (unpaired) electrons. The van der Waals surface area contributed by atoms with Crippen molar-refractivity contribution in [2.24, 2.45) is 0 Å². The van der Waals surface area contributed by atoms with Gasteiger partial charge < -0.3 is 15.2 Å². The minimum absolute atomic E-state index is 0.112. The smallest absolute Gasteiger partial charge is 0.222 e. The molecule has 4 rings (SSSR count). The second-order valence-corrected chi connectivity index (χ2v) is 7.94. The predicted octanol–water partition coefficient (Wildman–Crippen LogP) is 4.24. The molecule has 1 aromatic carbocycles. The number of nitrogens with zero attached hydrogens (tertiary/aromatic N) is 3. The van der Waals surface area contributed by atoms with Gasteiger partial charge in [0.15, 0.2) is 10.9 Å². The fraction of sp³-hybridized carbons (Fsp3) is 0.421. The highest BCUT2D eigenvalue weighted by atomic mass is 32.1. The van der Waals surface area contributed by atoms with Crippen LogP contribution in [0.3, 0.4) is 0 Å². The molecule has 6 nitrogen and oxygen atoms in total. The molecule has 1 amide bonds. The zero-order chi connectivity index (χ0) is 17.9. The van der Waals surface area contributed by atoms with Crippen molar-refractivity contribution in [1.29, 1.82) is 0 Å². The van der Waals surface area contributed by atoms with E-state index in [2.05, 4.69) is 33.8 Å². The molecule has 2 aromatic heterocycles. The topological polar surface area (TPSA) is 71.8 Å². The van der Waals surface area contributed by atoms with Gasteiger partial charge in [0.1, 0.15) is 0 Å². The van der Waals surface area contributed by atoms with Crippen molar-refractivity contribution >= 4 is 38.4 Å². The minimum atomic E-state index is -0.112. The van der Waals surface area contributed by atoms with Crippen molar-refractivity contribution in [2.45, 2.75) is 51.6 Å². The largest absolute Gasteiger partial charge is 0.359 e. The number of imidazole rings is 1. The number of fused-ring (bicyclic) bond motifs is 1. The number of carbonyl (C=O) groups is 1. The van der Waals surface area contributed by atoms with Crippen LogP contribution in [-0.4, -0.2) is 26.5 Å². The summed E-state index contributed by atoms with van der Waals surface area (Å²) in [6.07, 6.45) is 10.1. The van der Waals surface area contributed by atoms with Gasteiger partial charge in [-0.05, 0) is 30.5 Å². The van der Waals surface area contributed by atoms with Crippen LogP contribution in [-0.2, 0) is 11.3 Å². The summed E-state index contributed by atoms with van der Waals surface area (Å²) in [4.78, 5) is 20.0. The third-order valence-electron chi connectivity index (χ3n) is 4.69. The fourth-order valence-corrected chi connectivity index (χ4v) is 4.46. The van der Waals surface area contributed by atoms with Crippen molar-refractivity contribution in [1.82, 2.24) is 14.5 Å². The van der Waals surface area contributed by atoms with Crippen LogP contribution in [0.1, 0.15) is 44.6 Å². The Morgan fingerprint density at radius 3 is 2.96 bits per heavy atom. The number of aromatic nitrogens is 3. The molecule has 0 atom stereocenters. The third kappa shape index (κ3) is 4.04. The lowest BCUT2D eigenvalue weighted by Crippen LogP contribution is -2.21. The number of thiazole rings is 1. The first-order valence-electron chi connectivity index (χ1n) is 9.11. The maximum absolute atomic E-state index is 11.1. The van der Waals surface area contributed by atoms with Crippen LogP contribution in [0.25, 0.3) is 10.2 Å². The van der Waals surface area contributed by atoms with Gasteiger partial charge in [-0.15, -0.1) is 0 Å². The summed E-state index contributed by atoms with van der Waals surface area (Å²) in [6, 6.07) is 6.95. The molecule has 1 aliphatic rings. The Labute approximate surface area is 156 Å². The van der Waals surface area contributed by atoms with Crippen LogP contribution in [0.4, 0.5) is 10.9 Å². The number of rotatable bonds is 5. The molecule has 0 aliphatic heterocycles. The van der Waals surface area contributed by atoms with Gasteiger partial charge in [-0.2, -0.15) is 0 Å². The maximum Gasteiger partial charge on any atom is 0.222 e. The van der Waals surface area contributed by atoms with E-state index in [1.54, 1.807) is 17.7 Å². The van der Waals surface area contributed by atoms with Gasteiger partial charge in [0.25, 0.3) is 0 Å². The minimum Gasteiger partial charge on any atom is -0.359 e. The van der Waals surface area contributed by atoms with E-state index in [1.807, 2.05) is 10.8 Å². The molecular formula is C19H23N5OS. The molecule has 1 fully saturated rings. The van der Waals surface area contributed by atoms with E-state index in [4.69, 9.17) is 4.98 Å². The molecule has 136 valence electrons. The third-order valence-corrected chi connectivity index (χ3v) is 5.64. The summed E-state index contributed by atoms with van der Waals surface area (Å²) in [7, 11) is 0. The normalized spacial score (nSPS) is 15.3. The van der Waals surface area contributed by atoms with Crippen molar-refractivity contribution < 1.29 is 4.79 Å². The molecule has 3 aromatic rings. The predicted molar refractivity (Wildman–Crippen MR) is 106 cm³/mol. The maximum atomic E-state index is 11.1. The number of amides is 1. The van der Waals surface area contributed by atoms with E-state index >= 15 is 0 Å². The molecule has 2 heterocycles. The Morgan fingerprint density at radius 1 is 1.31 bits per heavy atom. The SMILES string of the molecule is CC(=O)Nc1cn(Cc2ccc3nc(NC4CCCCC4)sc3c2)cn1. The standard InChI is InChI=1S/C19H23N5OS/c1-13(25)21-18-11-24(12-20-18)10-14-7-8-16-17(9-14)26-19(23-16)22-15-5-3-2-4-6-15/h7-9,11-12,15H,2-6,10H2,1H3,(H,21,25)(H,22,23). The number of hydrogen-bond donors (Lipinski definition) is 2. The number of carbonyl (C=O) groups excluding carboxylic acids is 1. The molecular weight excluding hydrogens is 346 g/mol.